The average molecular weight is 805 g/mol. The fraction of sp³-hybridized carbons (Fsp3) is 0.660. The summed E-state index contributed by atoms with van der Waals surface area (Å²) >= 11 is 0. The lowest BCUT2D eigenvalue weighted by molar-refractivity contribution is -0.163. The van der Waals surface area contributed by atoms with Crippen LogP contribution in [0.3, 0.4) is 0 Å². The van der Waals surface area contributed by atoms with Crippen molar-refractivity contribution in [2.45, 2.75) is 207 Å². The van der Waals surface area contributed by atoms with Crippen LogP contribution >= 0.6 is 0 Å². The fourth-order valence-corrected chi connectivity index (χ4v) is 6.03. The molecule has 0 radical (unpaired) electrons. The Morgan fingerprint density at radius 2 is 0.828 bits per heavy atom. The van der Waals surface area contributed by atoms with Crippen molar-refractivity contribution in [3.63, 3.8) is 0 Å². The van der Waals surface area contributed by atoms with Crippen LogP contribution in [-0.2, 0) is 23.8 Å². The van der Waals surface area contributed by atoms with Crippen molar-refractivity contribution in [2.75, 3.05) is 19.8 Å². The number of allylic oxidation sites excluding steroid dienone is 16. The Morgan fingerprint density at radius 1 is 0.397 bits per heavy atom. The molecule has 0 aliphatic carbocycles. The summed E-state index contributed by atoms with van der Waals surface area (Å²) in [5.41, 5.74) is 0. The number of ether oxygens (including phenoxy) is 3. The van der Waals surface area contributed by atoms with Crippen LogP contribution in [0.2, 0.25) is 0 Å². The first-order valence-corrected chi connectivity index (χ1v) is 23.8. The highest BCUT2D eigenvalue weighted by Gasteiger charge is 2.17. The number of rotatable bonds is 42. The molecule has 0 N–H and O–H groups in total. The first-order chi connectivity index (χ1) is 28.6. The molecule has 0 fully saturated rings. The second-order valence-corrected chi connectivity index (χ2v) is 15.3. The van der Waals surface area contributed by atoms with E-state index in [9.17, 15) is 9.59 Å². The van der Waals surface area contributed by atoms with Gasteiger partial charge in [0.25, 0.3) is 0 Å². The lowest BCUT2D eigenvalue weighted by Gasteiger charge is -2.18. The van der Waals surface area contributed by atoms with Crippen molar-refractivity contribution < 1.29 is 23.8 Å². The SMILES string of the molecule is CC/C=C\C/C=C\C/C=C\C/C=C\C/C=C\CCCC(=O)OCC(COCCCCCCCC/C=C\CCCC)OC(=O)CCCCCCC/C=C\C/C=C\CCC. The summed E-state index contributed by atoms with van der Waals surface area (Å²) in [7, 11) is 0. The zero-order valence-electron chi connectivity index (χ0n) is 37.8. The number of unbranched alkanes of at least 4 members (excludes halogenated alkanes) is 15. The molecule has 0 rings (SSSR count). The van der Waals surface area contributed by atoms with Crippen LogP contribution in [0.4, 0.5) is 0 Å². The molecule has 5 nitrogen and oxygen atoms in total. The van der Waals surface area contributed by atoms with Crippen molar-refractivity contribution in [2.24, 2.45) is 0 Å². The van der Waals surface area contributed by atoms with Crippen LogP contribution in [0.1, 0.15) is 201 Å². The molecular formula is C53H88O5. The predicted molar refractivity (Wildman–Crippen MR) is 251 cm³/mol. The zero-order chi connectivity index (χ0) is 42.1. The van der Waals surface area contributed by atoms with E-state index in [0.717, 1.165) is 96.3 Å². The number of hydrogen-bond donors (Lipinski definition) is 0. The number of carbonyl (C=O) groups excluding carboxylic acids is 2. The van der Waals surface area contributed by atoms with E-state index in [4.69, 9.17) is 14.2 Å². The third-order valence-electron chi connectivity index (χ3n) is 9.55. The molecule has 1 unspecified atom stereocenters. The molecule has 0 aliphatic heterocycles. The number of esters is 2. The maximum Gasteiger partial charge on any atom is 0.306 e. The van der Waals surface area contributed by atoms with Gasteiger partial charge >= 0.3 is 11.9 Å². The summed E-state index contributed by atoms with van der Waals surface area (Å²) in [6.45, 7) is 7.51. The molecule has 0 amide bonds. The summed E-state index contributed by atoms with van der Waals surface area (Å²) in [5, 5.41) is 0. The van der Waals surface area contributed by atoms with Crippen LogP contribution in [0.15, 0.2) is 97.2 Å². The highest BCUT2D eigenvalue weighted by Crippen LogP contribution is 2.12. The summed E-state index contributed by atoms with van der Waals surface area (Å²) in [5.74, 6) is -0.491. The molecule has 0 aromatic carbocycles. The first-order valence-electron chi connectivity index (χ1n) is 23.8. The second kappa shape index (κ2) is 48.2. The molecule has 5 heteroatoms. The molecule has 0 bridgehead atoms. The van der Waals surface area contributed by atoms with Crippen LogP contribution in [0, 0.1) is 0 Å². The molecule has 58 heavy (non-hydrogen) atoms. The summed E-state index contributed by atoms with van der Waals surface area (Å²) < 4.78 is 17.3. The van der Waals surface area contributed by atoms with Gasteiger partial charge in [-0.15, -0.1) is 0 Å². The van der Waals surface area contributed by atoms with E-state index in [1.165, 1.54) is 70.6 Å². The van der Waals surface area contributed by atoms with Gasteiger partial charge in [0.05, 0.1) is 6.61 Å². The second-order valence-electron chi connectivity index (χ2n) is 15.3. The molecule has 0 aliphatic rings. The van der Waals surface area contributed by atoms with Crippen LogP contribution in [0.5, 0.6) is 0 Å². The van der Waals surface area contributed by atoms with E-state index in [-0.39, 0.29) is 25.2 Å². The van der Waals surface area contributed by atoms with Crippen molar-refractivity contribution >= 4 is 11.9 Å². The van der Waals surface area contributed by atoms with Crippen LogP contribution < -0.4 is 0 Å². The minimum absolute atomic E-state index is 0.0427. The van der Waals surface area contributed by atoms with E-state index in [1.54, 1.807) is 0 Å². The van der Waals surface area contributed by atoms with Gasteiger partial charge in [0, 0.05) is 19.4 Å². The quantitative estimate of drug-likeness (QED) is 0.0349. The van der Waals surface area contributed by atoms with Gasteiger partial charge in [-0.1, -0.05) is 182 Å². The van der Waals surface area contributed by atoms with E-state index >= 15 is 0 Å². The van der Waals surface area contributed by atoms with Gasteiger partial charge in [0.1, 0.15) is 6.61 Å². The van der Waals surface area contributed by atoms with Gasteiger partial charge in [-0.05, 0) is 103 Å². The van der Waals surface area contributed by atoms with Gasteiger partial charge in [-0.3, -0.25) is 9.59 Å². The largest absolute Gasteiger partial charge is 0.462 e. The number of carbonyl (C=O) groups is 2. The van der Waals surface area contributed by atoms with Crippen LogP contribution in [-0.4, -0.2) is 37.9 Å². The molecule has 0 aromatic rings. The van der Waals surface area contributed by atoms with Crippen molar-refractivity contribution in [1.29, 1.82) is 0 Å². The molecule has 0 aromatic heterocycles. The Kier molecular flexibility index (Phi) is 45.5. The zero-order valence-corrected chi connectivity index (χ0v) is 37.8. The standard InChI is InChI=1S/C53H88O5/c1-4-7-10-13-16-19-22-25-26-27-28-30-31-34-37-40-43-46-52(54)57-50-51(49-56-48-45-42-39-36-33-24-21-18-15-12-9-6-3)58-53(55)47-44-41-38-35-32-29-23-20-17-14-11-8-5-2/h7,10-11,14-16,18-20,23,25-26,28,30,34,37,51H,4-6,8-9,12-13,17,21-22,24,27,29,31-33,35-36,38-50H2,1-3H3/b10-7-,14-11-,18-15-,19-16-,23-20-,26-25-,30-28-,37-34-. The first kappa shape index (κ1) is 54.8. The van der Waals surface area contributed by atoms with Gasteiger partial charge in [-0.25, -0.2) is 0 Å². The molecule has 0 spiro atoms. The smallest absolute Gasteiger partial charge is 0.306 e. The van der Waals surface area contributed by atoms with E-state index in [0.29, 0.717) is 19.4 Å². The third-order valence-corrected chi connectivity index (χ3v) is 9.55. The third kappa shape index (κ3) is 45.5. The topological polar surface area (TPSA) is 61.8 Å². The van der Waals surface area contributed by atoms with E-state index in [2.05, 4.69) is 118 Å². The lowest BCUT2D eigenvalue weighted by atomic mass is 10.1. The molecule has 1 atom stereocenters. The highest BCUT2D eigenvalue weighted by atomic mass is 16.6. The van der Waals surface area contributed by atoms with Crippen molar-refractivity contribution in [1.82, 2.24) is 0 Å². The maximum absolute atomic E-state index is 12.7. The van der Waals surface area contributed by atoms with Crippen molar-refractivity contribution in [3.05, 3.63) is 97.2 Å². The highest BCUT2D eigenvalue weighted by molar-refractivity contribution is 5.70. The normalized spacial score (nSPS) is 13.1. The Balaban J connectivity index is 4.40. The van der Waals surface area contributed by atoms with Gasteiger partial charge in [-0.2, -0.15) is 0 Å². The Hall–Kier alpha value is -3.18. The molecule has 330 valence electrons. The predicted octanol–water partition coefficient (Wildman–Crippen LogP) is 15.9. The molecule has 0 heterocycles. The fourth-order valence-electron chi connectivity index (χ4n) is 6.03. The van der Waals surface area contributed by atoms with E-state index < -0.39 is 6.10 Å². The van der Waals surface area contributed by atoms with Crippen molar-refractivity contribution in [3.8, 4) is 0 Å². The summed E-state index contributed by atoms with van der Waals surface area (Å²) in [6.07, 6.45) is 64.1. The Bertz CT molecular complexity index is 1140. The van der Waals surface area contributed by atoms with Crippen LogP contribution in [0.25, 0.3) is 0 Å². The Morgan fingerprint density at radius 3 is 1.38 bits per heavy atom. The Labute approximate surface area is 358 Å². The maximum atomic E-state index is 12.7. The summed E-state index contributed by atoms with van der Waals surface area (Å²) in [4.78, 5) is 25.3. The van der Waals surface area contributed by atoms with Gasteiger partial charge < -0.3 is 14.2 Å². The minimum atomic E-state index is -0.573. The monoisotopic (exact) mass is 805 g/mol. The molecule has 0 saturated carbocycles. The molecule has 0 saturated heterocycles. The number of hydrogen-bond acceptors (Lipinski definition) is 5. The van der Waals surface area contributed by atoms with Gasteiger partial charge in [0.2, 0.25) is 0 Å². The summed E-state index contributed by atoms with van der Waals surface area (Å²) in [6, 6.07) is 0. The minimum Gasteiger partial charge on any atom is -0.462 e. The average Bonchev–Trinajstić information content (AvgIpc) is 3.22. The van der Waals surface area contributed by atoms with Gasteiger partial charge in [0.15, 0.2) is 6.10 Å². The van der Waals surface area contributed by atoms with E-state index in [1.807, 2.05) is 0 Å². The lowest BCUT2D eigenvalue weighted by Crippen LogP contribution is -2.30. The molecular weight excluding hydrogens is 717 g/mol.